The predicted molar refractivity (Wildman–Crippen MR) is 139 cm³/mol. The van der Waals surface area contributed by atoms with E-state index < -0.39 is 17.2 Å². The van der Waals surface area contributed by atoms with Crippen LogP contribution in [0.5, 0.6) is 23.0 Å². The molecule has 4 rings (SSSR count). The summed E-state index contributed by atoms with van der Waals surface area (Å²) >= 11 is 0. The van der Waals surface area contributed by atoms with Gasteiger partial charge in [0.25, 0.3) is 0 Å². The summed E-state index contributed by atoms with van der Waals surface area (Å²) in [5, 5.41) is 6.34. The Morgan fingerprint density at radius 3 is 1.94 bits per heavy atom. The number of ether oxygens (including phenoxy) is 3. The van der Waals surface area contributed by atoms with E-state index >= 15 is 0 Å². The van der Waals surface area contributed by atoms with Crippen LogP contribution in [0.25, 0.3) is 10.9 Å². The Balaban J connectivity index is 1.46. The summed E-state index contributed by atoms with van der Waals surface area (Å²) in [6, 6.07) is 21.3. The van der Waals surface area contributed by atoms with E-state index in [1.807, 2.05) is 24.3 Å². The molecule has 4 aromatic rings. The lowest BCUT2D eigenvalue weighted by Gasteiger charge is -2.22. The Morgan fingerprint density at radius 2 is 1.33 bits per heavy atom. The highest BCUT2D eigenvalue weighted by atomic mass is 16.5. The summed E-state index contributed by atoms with van der Waals surface area (Å²) in [5.74, 6) is 1.48. The van der Waals surface area contributed by atoms with Crippen molar-refractivity contribution in [2.45, 2.75) is 13.8 Å². The second-order valence-corrected chi connectivity index (χ2v) is 8.56. The molecule has 0 spiro atoms. The molecule has 1 heterocycles. The van der Waals surface area contributed by atoms with Crippen LogP contribution < -0.4 is 24.8 Å². The lowest BCUT2D eigenvalue weighted by molar-refractivity contribution is -0.135. The van der Waals surface area contributed by atoms with Crippen LogP contribution in [0.15, 0.2) is 79.0 Å². The first kappa shape index (κ1) is 24.5. The number of hydrogen-bond acceptors (Lipinski definition) is 6. The van der Waals surface area contributed by atoms with E-state index in [1.165, 1.54) is 0 Å². The van der Waals surface area contributed by atoms with Crippen LogP contribution in [0, 0.1) is 5.41 Å². The van der Waals surface area contributed by atoms with E-state index in [0.29, 0.717) is 39.9 Å². The van der Waals surface area contributed by atoms with E-state index in [0.717, 1.165) is 5.39 Å². The number of aromatic nitrogens is 1. The molecular formula is C28H27N3O5. The minimum absolute atomic E-state index is 0.400. The van der Waals surface area contributed by atoms with Gasteiger partial charge in [0, 0.05) is 29.0 Å². The molecule has 2 N–H and O–H groups in total. The number of benzene rings is 3. The van der Waals surface area contributed by atoms with Crippen LogP contribution >= 0.6 is 0 Å². The van der Waals surface area contributed by atoms with Crippen molar-refractivity contribution < 1.29 is 23.8 Å². The predicted octanol–water partition coefficient (Wildman–Crippen LogP) is 5.65. The number of pyridine rings is 1. The van der Waals surface area contributed by atoms with Gasteiger partial charge in [-0.15, -0.1) is 0 Å². The van der Waals surface area contributed by atoms with Crippen molar-refractivity contribution >= 4 is 34.1 Å². The second kappa shape index (κ2) is 10.4. The zero-order valence-electron chi connectivity index (χ0n) is 20.5. The Labute approximate surface area is 209 Å². The highest BCUT2D eigenvalue weighted by molar-refractivity contribution is 6.14. The first-order chi connectivity index (χ1) is 17.3. The van der Waals surface area contributed by atoms with Crippen LogP contribution in [0.2, 0.25) is 0 Å². The largest absolute Gasteiger partial charge is 0.493 e. The number of rotatable bonds is 8. The summed E-state index contributed by atoms with van der Waals surface area (Å²) in [7, 11) is 3.14. The van der Waals surface area contributed by atoms with Gasteiger partial charge in [0.05, 0.1) is 19.7 Å². The molecule has 8 heteroatoms. The molecule has 0 bridgehead atoms. The third-order valence-corrected chi connectivity index (χ3v) is 5.71. The SMILES string of the molecule is COc1cc2nccc(Oc3ccc(NC(=O)C(C)(C)C(=O)Nc4ccccc4)cc3)c2cc1OC. The van der Waals surface area contributed by atoms with Crippen molar-refractivity contribution in [3.8, 4) is 23.0 Å². The fraction of sp³-hybridized carbons (Fsp3) is 0.179. The monoisotopic (exact) mass is 485 g/mol. The molecule has 0 aliphatic heterocycles. The van der Waals surface area contributed by atoms with Crippen LogP contribution in [-0.2, 0) is 9.59 Å². The Bertz CT molecular complexity index is 1390. The van der Waals surface area contributed by atoms with E-state index in [4.69, 9.17) is 14.2 Å². The minimum Gasteiger partial charge on any atom is -0.493 e. The normalized spacial score (nSPS) is 11.0. The molecule has 184 valence electrons. The maximum Gasteiger partial charge on any atom is 0.239 e. The van der Waals surface area contributed by atoms with Gasteiger partial charge in [-0.2, -0.15) is 0 Å². The van der Waals surface area contributed by atoms with Gasteiger partial charge in [-0.3, -0.25) is 14.6 Å². The van der Waals surface area contributed by atoms with Gasteiger partial charge in [0.2, 0.25) is 11.8 Å². The first-order valence-electron chi connectivity index (χ1n) is 11.3. The molecule has 1 aromatic heterocycles. The molecule has 8 nitrogen and oxygen atoms in total. The highest BCUT2D eigenvalue weighted by Gasteiger charge is 2.36. The van der Waals surface area contributed by atoms with Crippen molar-refractivity contribution in [2.75, 3.05) is 24.9 Å². The number of amides is 2. The van der Waals surface area contributed by atoms with Gasteiger partial charge in [-0.25, -0.2) is 0 Å². The maximum absolute atomic E-state index is 12.9. The molecule has 0 aliphatic rings. The van der Waals surface area contributed by atoms with Crippen molar-refractivity contribution in [2.24, 2.45) is 5.41 Å². The molecule has 0 atom stereocenters. The number of nitrogens with zero attached hydrogens (tertiary/aromatic N) is 1. The van der Waals surface area contributed by atoms with Crippen molar-refractivity contribution in [3.63, 3.8) is 0 Å². The molecule has 0 unspecified atom stereocenters. The number of anilines is 2. The Hall–Kier alpha value is -4.59. The lowest BCUT2D eigenvalue weighted by Crippen LogP contribution is -2.41. The number of methoxy groups -OCH3 is 2. The first-order valence-corrected chi connectivity index (χ1v) is 11.3. The third kappa shape index (κ3) is 5.22. The zero-order valence-corrected chi connectivity index (χ0v) is 20.5. The van der Waals surface area contributed by atoms with Gasteiger partial charge in [0.1, 0.15) is 16.9 Å². The fourth-order valence-electron chi connectivity index (χ4n) is 3.47. The third-order valence-electron chi connectivity index (χ3n) is 5.71. The summed E-state index contributed by atoms with van der Waals surface area (Å²) in [4.78, 5) is 30.0. The second-order valence-electron chi connectivity index (χ2n) is 8.56. The van der Waals surface area contributed by atoms with Crippen molar-refractivity contribution in [1.82, 2.24) is 4.98 Å². The van der Waals surface area contributed by atoms with Gasteiger partial charge in [0.15, 0.2) is 11.5 Å². The number of nitrogens with one attached hydrogen (secondary N) is 2. The van der Waals surface area contributed by atoms with E-state index in [1.54, 1.807) is 82.8 Å². The fourth-order valence-corrected chi connectivity index (χ4v) is 3.47. The number of para-hydroxylation sites is 1. The molecule has 3 aromatic carbocycles. The Morgan fingerprint density at radius 1 is 0.750 bits per heavy atom. The standard InChI is InChI=1S/C28H27N3O5/c1-28(2,26(32)30-18-8-6-5-7-9-18)27(33)31-19-10-12-20(13-11-19)36-23-14-15-29-22-17-25(35-4)24(34-3)16-21(22)23/h5-17H,1-4H3,(H,30,32)(H,31,33). The summed E-state index contributed by atoms with van der Waals surface area (Å²) in [6.45, 7) is 3.16. The topological polar surface area (TPSA) is 98.8 Å². The summed E-state index contributed by atoms with van der Waals surface area (Å²) < 4.78 is 16.8. The van der Waals surface area contributed by atoms with E-state index in [9.17, 15) is 9.59 Å². The van der Waals surface area contributed by atoms with Gasteiger partial charge in [-0.05, 0) is 62.4 Å². The summed E-state index contributed by atoms with van der Waals surface area (Å²) in [5.41, 5.74) is 0.578. The molecule has 0 fully saturated rings. The molecule has 0 saturated heterocycles. The highest BCUT2D eigenvalue weighted by Crippen LogP contribution is 2.37. The number of fused-ring (bicyclic) bond motifs is 1. The molecular weight excluding hydrogens is 458 g/mol. The van der Waals surface area contributed by atoms with E-state index in [2.05, 4.69) is 15.6 Å². The van der Waals surface area contributed by atoms with Gasteiger partial charge in [-0.1, -0.05) is 18.2 Å². The van der Waals surface area contributed by atoms with Crippen molar-refractivity contribution in [3.05, 3.63) is 79.0 Å². The molecule has 0 radical (unpaired) electrons. The van der Waals surface area contributed by atoms with Crippen LogP contribution in [-0.4, -0.2) is 31.0 Å². The minimum atomic E-state index is -1.29. The average Bonchev–Trinajstić information content (AvgIpc) is 2.89. The molecule has 36 heavy (non-hydrogen) atoms. The molecule has 0 aliphatic carbocycles. The lowest BCUT2D eigenvalue weighted by atomic mass is 9.90. The molecule has 2 amide bonds. The Kier molecular flexibility index (Phi) is 7.05. The van der Waals surface area contributed by atoms with Crippen LogP contribution in [0.1, 0.15) is 13.8 Å². The van der Waals surface area contributed by atoms with Crippen molar-refractivity contribution in [1.29, 1.82) is 0 Å². The summed E-state index contributed by atoms with van der Waals surface area (Å²) in [6.07, 6.45) is 1.65. The number of hydrogen-bond donors (Lipinski definition) is 2. The van der Waals surface area contributed by atoms with Crippen LogP contribution in [0.4, 0.5) is 11.4 Å². The zero-order chi connectivity index (χ0) is 25.7. The van der Waals surface area contributed by atoms with Gasteiger partial charge >= 0.3 is 0 Å². The average molecular weight is 486 g/mol. The van der Waals surface area contributed by atoms with E-state index in [-0.39, 0.29) is 0 Å². The number of carbonyl (C=O) groups is 2. The maximum atomic E-state index is 12.9. The van der Waals surface area contributed by atoms with Gasteiger partial charge < -0.3 is 24.8 Å². The number of carbonyl (C=O) groups excluding carboxylic acids is 2. The quantitative estimate of drug-likeness (QED) is 0.313. The molecule has 0 saturated carbocycles. The smallest absolute Gasteiger partial charge is 0.239 e. The van der Waals surface area contributed by atoms with Crippen LogP contribution in [0.3, 0.4) is 0 Å².